The summed E-state index contributed by atoms with van der Waals surface area (Å²) >= 11 is 5.85. The summed E-state index contributed by atoms with van der Waals surface area (Å²) in [6.45, 7) is 1.90. The molecule has 0 saturated heterocycles. The van der Waals surface area contributed by atoms with Crippen molar-refractivity contribution >= 4 is 23.2 Å². The lowest BCUT2D eigenvalue weighted by Crippen LogP contribution is -2.12. The third kappa shape index (κ3) is 2.82. The van der Waals surface area contributed by atoms with Gasteiger partial charge in [-0.05, 0) is 42.8 Å². The molecule has 2 aromatic rings. The predicted octanol–water partition coefficient (Wildman–Crippen LogP) is 3.30. The summed E-state index contributed by atoms with van der Waals surface area (Å²) in [6, 6.07) is 8.68. The largest absolute Gasteiger partial charge is 0.322 e. The Hall–Kier alpha value is -1.87. The number of hydrogen-bond acceptors (Lipinski definition) is 2. The Kier molecular flexibility index (Phi) is 3.40. The minimum Gasteiger partial charge on any atom is -0.322 e. The quantitative estimate of drug-likeness (QED) is 0.884. The van der Waals surface area contributed by atoms with Crippen molar-refractivity contribution in [2.45, 2.75) is 6.92 Å². The number of nitrogens with zero attached hydrogens (tertiary/aromatic N) is 1. The SMILES string of the molecule is Cc1cc(Cl)ccc1NC(=O)c1ccncc1. The Morgan fingerprint density at radius 3 is 2.59 bits per heavy atom. The van der Waals surface area contributed by atoms with Crippen LogP contribution in [0.25, 0.3) is 0 Å². The molecule has 1 amide bonds. The molecular formula is C13H11ClN2O. The molecule has 4 heteroatoms. The van der Waals surface area contributed by atoms with Crippen molar-refractivity contribution in [2.24, 2.45) is 0 Å². The van der Waals surface area contributed by atoms with Crippen molar-refractivity contribution in [2.75, 3.05) is 5.32 Å². The van der Waals surface area contributed by atoms with Crippen LogP contribution in [0.3, 0.4) is 0 Å². The van der Waals surface area contributed by atoms with E-state index in [1.165, 1.54) is 0 Å². The van der Waals surface area contributed by atoms with Crippen LogP contribution in [0.4, 0.5) is 5.69 Å². The summed E-state index contributed by atoms with van der Waals surface area (Å²) in [5.41, 5.74) is 2.27. The van der Waals surface area contributed by atoms with Gasteiger partial charge in [-0.3, -0.25) is 9.78 Å². The van der Waals surface area contributed by atoms with Gasteiger partial charge < -0.3 is 5.32 Å². The van der Waals surface area contributed by atoms with E-state index in [0.717, 1.165) is 11.3 Å². The van der Waals surface area contributed by atoms with Crippen LogP contribution in [-0.2, 0) is 0 Å². The van der Waals surface area contributed by atoms with Crippen molar-refractivity contribution < 1.29 is 4.79 Å². The van der Waals surface area contributed by atoms with Crippen LogP contribution in [0.15, 0.2) is 42.7 Å². The van der Waals surface area contributed by atoms with Gasteiger partial charge in [0.2, 0.25) is 0 Å². The number of aromatic nitrogens is 1. The first-order chi connectivity index (χ1) is 8.16. The number of carbonyl (C=O) groups excluding carboxylic acids is 1. The van der Waals surface area contributed by atoms with Gasteiger partial charge in [0.1, 0.15) is 0 Å². The van der Waals surface area contributed by atoms with Gasteiger partial charge in [0.15, 0.2) is 0 Å². The molecule has 0 saturated carbocycles. The number of pyridine rings is 1. The highest BCUT2D eigenvalue weighted by atomic mass is 35.5. The monoisotopic (exact) mass is 246 g/mol. The molecule has 17 heavy (non-hydrogen) atoms. The Morgan fingerprint density at radius 1 is 1.24 bits per heavy atom. The fourth-order valence-electron chi connectivity index (χ4n) is 1.47. The maximum Gasteiger partial charge on any atom is 0.255 e. The zero-order chi connectivity index (χ0) is 12.3. The van der Waals surface area contributed by atoms with E-state index < -0.39 is 0 Å². The van der Waals surface area contributed by atoms with Crippen LogP contribution in [0.2, 0.25) is 5.02 Å². The molecule has 0 unspecified atom stereocenters. The number of carbonyl (C=O) groups is 1. The number of amides is 1. The van der Waals surface area contributed by atoms with Crippen molar-refractivity contribution in [3.63, 3.8) is 0 Å². The highest BCUT2D eigenvalue weighted by molar-refractivity contribution is 6.30. The smallest absolute Gasteiger partial charge is 0.255 e. The van der Waals surface area contributed by atoms with Crippen molar-refractivity contribution in [1.82, 2.24) is 4.98 Å². The average Bonchev–Trinajstić information content (AvgIpc) is 2.34. The molecule has 86 valence electrons. The first-order valence-corrected chi connectivity index (χ1v) is 5.52. The van der Waals surface area contributed by atoms with Crippen molar-refractivity contribution in [3.05, 3.63) is 58.9 Å². The fourth-order valence-corrected chi connectivity index (χ4v) is 1.69. The number of benzene rings is 1. The minimum atomic E-state index is -0.155. The van der Waals surface area contributed by atoms with Crippen LogP contribution in [0, 0.1) is 6.92 Å². The van der Waals surface area contributed by atoms with Crippen LogP contribution < -0.4 is 5.32 Å². The lowest BCUT2D eigenvalue weighted by molar-refractivity contribution is 0.102. The molecule has 0 spiro atoms. The highest BCUT2D eigenvalue weighted by Gasteiger charge is 2.07. The third-order valence-corrected chi connectivity index (χ3v) is 2.61. The maximum atomic E-state index is 11.9. The summed E-state index contributed by atoms with van der Waals surface area (Å²) in [5.74, 6) is -0.155. The van der Waals surface area contributed by atoms with Crippen LogP contribution in [0.1, 0.15) is 15.9 Å². The molecule has 2 rings (SSSR count). The van der Waals surface area contributed by atoms with Crippen LogP contribution in [-0.4, -0.2) is 10.9 Å². The first kappa shape index (κ1) is 11.6. The molecule has 0 aliphatic rings. The topological polar surface area (TPSA) is 42.0 Å². The Balaban J connectivity index is 2.19. The Bertz CT molecular complexity index is 540. The second-order valence-electron chi connectivity index (χ2n) is 3.65. The number of halogens is 1. The zero-order valence-corrected chi connectivity index (χ0v) is 10.0. The van der Waals surface area contributed by atoms with Gasteiger partial charge in [0.05, 0.1) is 0 Å². The molecule has 0 radical (unpaired) electrons. The Labute approximate surface area is 104 Å². The summed E-state index contributed by atoms with van der Waals surface area (Å²) in [7, 11) is 0. The lowest BCUT2D eigenvalue weighted by atomic mass is 10.2. The van der Waals surface area contributed by atoms with Crippen LogP contribution >= 0.6 is 11.6 Å². The molecular weight excluding hydrogens is 236 g/mol. The summed E-state index contributed by atoms with van der Waals surface area (Å²) in [6.07, 6.45) is 3.17. The van der Waals surface area contributed by atoms with Gasteiger partial charge in [0, 0.05) is 28.7 Å². The van der Waals surface area contributed by atoms with Crippen molar-refractivity contribution in [3.8, 4) is 0 Å². The first-order valence-electron chi connectivity index (χ1n) is 5.14. The molecule has 0 aliphatic heterocycles. The second kappa shape index (κ2) is 4.97. The number of anilines is 1. The van der Waals surface area contributed by atoms with Gasteiger partial charge in [-0.25, -0.2) is 0 Å². The summed E-state index contributed by atoms with van der Waals surface area (Å²) in [4.78, 5) is 15.7. The second-order valence-corrected chi connectivity index (χ2v) is 4.09. The fraction of sp³-hybridized carbons (Fsp3) is 0.0769. The van der Waals surface area contributed by atoms with E-state index >= 15 is 0 Å². The van der Waals surface area contributed by atoms with Crippen LogP contribution in [0.5, 0.6) is 0 Å². The van der Waals surface area contributed by atoms with Crippen molar-refractivity contribution in [1.29, 1.82) is 0 Å². The normalized spacial score (nSPS) is 10.0. The van der Waals surface area contributed by atoms with E-state index in [9.17, 15) is 4.79 Å². The van der Waals surface area contributed by atoms with E-state index in [0.29, 0.717) is 10.6 Å². The lowest BCUT2D eigenvalue weighted by Gasteiger charge is -2.08. The van der Waals surface area contributed by atoms with E-state index in [-0.39, 0.29) is 5.91 Å². The molecule has 0 aliphatic carbocycles. The number of nitrogens with one attached hydrogen (secondary N) is 1. The number of hydrogen-bond donors (Lipinski definition) is 1. The maximum absolute atomic E-state index is 11.9. The zero-order valence-electron chi connectivity index (χ0n) is 9.27. The summed E-state index contributed by atoms with van der Waals surface area (Å²) in [5, 5.41) is 3.49. The van der Waals surface area contributed by atoms with E-state index in [4.69, 9.17) is 11.6 Å². The number of aryl methyl sites for hydroxylation is 1. The number of rotatable bonds is 2. The van der Waals surface area contributed by atoms with Gasteiger partial charge in [-0.15, -0.1) is 0 Å². The van der Waals surface area contributed by atoms with Gasteiger partial charge >= 0.3 is 0 Å². The molecule has 1 N–H and O–H groups in total. The standard InChI is InChI=1S/C13H11ClN2O/c1-9-8-11(14)2-3-12(9)16-13(17)10-4-6-15-7-5-10/h2-8H,1H3,(H,16,17). The van der Waals surface area contributed by atoms with Gasteiger partial charge in [0.25, 0.3) is 5.91 Å². The average molecular weight is 247 g/mol. The predicted molar refractivity (Wildman–Crippen MR) is 68.4 cm³/mol. The minimum absolute atomic E-state index is 0.155. The van der Waals surface area contributed by atoms with E-state index in [2.05, 4.69) is 10.3 Å². The third-order valence-electron chi connectivity index (χ3n) is 2.38. The molecule has 3 nitrogen and oxygen atoms in total. The van der Waals surface area contributed by atoms with Gasteiger partial charge in [-0.2, -0.15) is 0 Å². The summed E-state index contributed by atoms with van der Waals surface area (Å²) < 4.78 is 0. The molecule has 0 bridgehead atoms. The molecule has 0 atom stereocenters. The molecule has 1 aromatic carbocycles. The molecule has 1 aromatic heterocycles. The highest BCUT2D eigenvalue weighted by Crippen LogP contribution is 2.20. The molecule has 1 heterocycles. The Morgan fingerprint density at radius 2 is 1.94 bits per heavy atom. The molecule has 0 fully saturated rings. The van der Waals surface area contributed by atoms with E-state index in [1.54, 1.807) is 36.7 Å². The van der Waals surface area contributed by atoms with Gasteiger partial charge in [-0.1, -0.05) is 11.6 Å². The van der Waals surface area contributed by atoms with E-state index in [1.807, 2.05) is 13.0 Å².